The van der Waals surface area contributed by atoms with Crippen molar-refractivity contribution in [1.82, 2.24) is 9.80 Å². The van der Waals surface area contributed by atoms with Crippen LogP contribution < -0.4 is 0 Å². The fourth-order valence-electron chi connectivity index (χ4n) is 3.15. The summed E-state index contributed by atoms with van der Waals surface area (Å²) in [5.74, 6) is -2.81. The van der Waals surface area contributed by atoms with E-state index in [0.29, 0.717) is 33.6 Å². The normalized spacial score (nSPS) is 15.5. The summed E-state index contributed by atoms with van der Waals surface area (Å²) in [6, 6.07) is 3.08. The van der Waals surface area contributed by atoms with Crippen molar-refractivity contribution in [2.45, 2.75) is 12.8 Å². The molecule has 8 heteroatoms. The first-order valence-corrected chi connectivity index (χ1v) is 7.86. The lowest BCUT2D eigenvalue weighted by Gasteiger charge is -2.16. The maximum atomic E-state index is 12.6. The number of nitrogens with zero attached hydrogens (tertiary/aromatic N) is 2. The van der Waals surface area contributed by atoms with E-state index in [1.807, 2.05) is 0 Å². The molecule has 134 valence electrons. The Morgan fingerprint density at radius 1 is 0.769 bits per heavy atom. The summed E-state index contributed by atoms with van der Waals surface area (Å²) in [6.07, 6.45) is -0.430. The predicted molar refractivity (Wildman–Crippen MR) is 91.1 cm³/mol. The highest BCUT2D eigenvalue weighted by Crippen LogP contribution is 2.39. The van der Waals surface area contributed by atoms with E-state index in [1.165, 1.54) is 9.80 Å². The largest absolute Gasteiger partial charge is 0.481 e. The topological polar surface area (TPSA) is 115 Å². The van der Waals surface area contributed by atoms with E-state index in [9.17, 15) is 19.2 Å². The number of carboxylic acid groups (broad SMARTS) is 2. The second kappa shape index (κ2) is 6.14. The highest BCUT2D eigenvalue weighted by atomic mass is 16.4. The molecule has 2 amide bonds. The average Bonchev–Trinajstić information content (AvgIpc) is 2.95. The molecule has 1 aromatic rings. The van der Waals surface area contributed by atoms with Crippen molar-refractivity contribution in [1.29, 1.82) is 0 Å². The molecule has 2 aliphatic heterocycles. The number of carbonyl (C=O) groups is 4. The Labute approximate surface area is 148 Å². The van der Waals surface area contributed by atoms with Crippen molar-refractivity contribution in [2.75, 3.05) is 13.1 Å². The second-order valence-electron chi connectivity index (χ2n) is 6.04. The fraction of sp³-hybridized carbons (Fsp3) is 0.222. The van der Waals surface area contributed by atoms with E-state index in [0.717, 1.165) is 0 Å². The molecule has 0 spiro atoms. The third-order valence-corrected chi connectivity index (χ3v) is 4.48. The lowest BCUT2D eigenvalue weighted by atomic mass is 9.99. The van der Waals surface area contributed by atoms with Gasteiger partial charge < -0.3 is 20.0 Å². The van der Waals surface area contributed by atoms with Crippen molar-refractivity contribution in [3.63, 3.8) is 0 Å². The lowest BCUT2D eigenvalue weighted by Crippen LogP contribution is -2.26. The first kappa shape index (κ1) is 17.4. The predicted octanol–water partition coefficient (Wildman–Crippen LogP) is 1.49. The summed E-state index contributed by atoms with van der Waals surface area (Å²) in [6.45, 7) is 7.67. The standard InChI is InChI=1S/C18H16N2O6/c1-9-11-7-14-12(10(2)20(18(14)26)6-4-16(23)24)8-13(11)17(25)19(9)5-3-15(21)22/h7-8H,1-6H2,(H,21,22)(H,23,24). The highest BCUT2D eigenvalue weighted by Gasteiger charge is 2.38. The maximum absolute atomic E-state index is 12.6. The van der Waals surface area contributed by atoms with Crippen molar-refractivity contribution in [2.24, 2.45) is 0 Å². The van der Waals surface area contributed by atoms with Crippen molar-refractivity contribution >= 4 is 35.1 Å². The molecule has 0 bridgehead atoms. The van der Waals surface area contributed by atoms with Crippen LogP contribution in [0, 0.1) is 0 Å². The number of aliphatic carboxylic acids is 2. The number of fused-ring (bicyclic) bond motifs is 2. The third kappa shape index (κ3) is 2.65. The monoisotopic (exact) mass is 356 g/mol. The Kier molecular flexibility index (Phi) is 4.11. The van der Waals surface area contributed by atoms with Crippen molar-refractivity contribution in [3.8, 4) is 0 Å². The number of benzene rings is 1. The molecule has 0 saturated carbocycles. The van der Waals surface area contributed by atoms with Gasteiger partial charge in [-0.2, -0.15) is 0 Å². The Bertz CT molecular complexity index is 777. The van der Waals surface area contributed by atoms with E-state index >= 15 is 0 Å². The Morgan fingerprint density at radius 3 is 1.42 bits per heavy atom. The van der Waals surface area contributed by atoms with Gasteiger partial charge in [0.15, 0.2) is 0 Å². The SMILES string of the molecule is C=C1c2cc3c(cc2C(=O)N1CCC(=O)O)C(=C)N(CCC(=O)O)C3=O. The van der Waals surface area contributed by atoms with Crippen LogP contribution in [-0.4, -0.2) is 56.9 Å². The van der Waals surface area contributed by atoms with Gasteiger partial charge in [0.2, 0.25) is 0 Å². The molecule has 0 fully saturated rings. The van der Waals surface area contributed by atoms with E-state index in [2.05, 4.69) is 13.2 Å². The molecule has 8 nitrogen and oxygen atoms in total. The molecular weight excluding hydrogens is 340 g/mol. The summed E-state index contributed by atoms with van der Waals surface area (Å²) in [5, 5.41) is 17.6. The third-order valence-electron chi connectivity index (χ3n) is 4.48. The van der Waals surface area contributed by atoms with Crippen LogP contribution >= 0.6 is 0 Å². The zero-order valence-electron chi connectivity index (χ0n) is 13.8. The van der Waals surface area contributed by atoms with Gasteiger partial charge in [-0.1, -0.05) is 13.2 Å². The Morgan fingerprint density at radius 2 is 1.12 bits per heavy atom. The minimum absolute atomic E-state index is 0.00796. The first-order chi connectivity index (χ1) is 12.2. The number of hydrogen-bond donors (Lipinski definition) is 2. The fourth-order valence-corrected chi connectivity index (χ4v) is 3.15. The molecule has 0 aliphatic carbocycles. The van der Waals surface area contributed by atoms with Crippen molar-refractivity contribution < 1.29 is 29.4 Å². The zero-order valence-corrected chi connectivity index (χ0v) is 13.8. The summed E-state index contributed by atoms with van der Waals surface area (Å²) in [7, 11) is 0. The number of hydrogen-bond acceptors (Lipinski definition) is 4. The quantitative estimate of drug-likeness (QED) is 0.798. The van der Waals surface area contributed by atoms with Crippen LogP contribution in [0.15, 0.2) is 25.3 Å². The molecule has 26 heavy (non-hydrogen) atoms. The van der Waals surface area contributed by atoms with E-state index in [-0.39, 0.29) is 37.7 Å². The van der Waals surface area contributed by atoms with Crippen LogP contribution in [0.25, 0.3) is 11.4 Å². The van der Waals surface area contributed by atoms with Gasteiger partial charge in [-0.25, -0.2) is 0 Å². The molecular formula is C18H16N2O6. The summed E-state index contributed by atoms with van der Waals surface area (Å²) < 4.78 is 0. The van der Waals surface area contributed by atoms with Crippen LogP contribution in [0.3, 0.4) is 0 Å². The van der Waals surface area contributed by atoms with E-state index in [1.54, 1.807) is 12.1 Å². The van der Waals surface area contributed by atoms with Gasteiger partial charge in [-0.05, 0) is 12.1 Å². The van der Waals surface area contributed by atoms with Gasteiger partial charge in [0.1, 0.15) is 0 Å². The van der Waals surface area contributed by atoms with Crippen LogP contribution in [0.2, 0.25) is 0 Å². The molecule has 0 atom stereocenters. The summed E-state index contributed by atoms with van der Waals surface area (Å²) in [5.41, 5.74) is 2.29. The smallest absolute Gasteiger partial charge is 0.305 e. The number of rotatable bonds is 6. The number of carbonyl (C=O) groups excluding carboxylic acids is 2. The molecule has 0 aromatic heterocycles. The van der Waals surface area contributed by atoms with Gasteiger partial charge in [0, 0.05) is 46.7 Å². The van der Waals surface area contributed by atoms with Gasteiger partial charge in [0.25, 0.3) is 11.8 Å². The van der Waals surface area contributed by atoms with Gasteiger partial charge in [-0.3, -0.25) is 19.2 Å². The average molecular weight is 356 g/mol. The van der Waals surface area contributed by atoms with E-state index in [4.69, 9.17) is 10.2 Å². The molecule has 0 saturated heterocycles. The molecule has 2 N–H and O–H groups in total. The van der Waals surface area contributed by atoms with Gasteiger partial charge in [0.05, 0.1) is 12.8 Å². The highest BCUT2D eigenvalue weighted by molar-refractivity contribution is 6.15. The van der Waals surface area contributed by atoms with Gasteiger partial charge in [-0.15, -0.1) is 0 Å². The van der Waals surface area contributed by atoms with Crippen LogP contribution in [0.4, 0.5) is 0 Å². The number of carboxylic acids is 2. The molecule has 2 aliphatic rings. The van der Waals surface area contributed by atoms with Crippen LogP contribution in [-0.2, 0) is 9.59 Å². The number of amides is 2. The van der Waals surface area contributed by atoms with Crippen LogP contribution in [0.5, 0.6) is 0 Å². The first-order valence-electron chi connectivity index (χ1n) is 7.86. The lowest BCUT2D eigenvalue weighted by molar-refractivity contribution is -0.138. The van der Waals surface area contributed by atoms with Crippen LogP contribution in [0.1, 0.15) is 44.7 Å². The second-order valence-corrected chi connectivity index (χ2v) is 6.04. The summed E-state index contributed by atoms with van der Waals surface area (Å²) in [4.78, 5) is 49.2. The van der Waals surface area contributed by atoms with E-state index < -0.39 is 11.9 Å². The minimum Gasteiger partial charge on any atom is -0.481 e. The molecule has 2 heterocycles. The molecule has 0 radical (unpaired) electrons. The Hall–Kier alpha value is -3.42. The molecule has 0 unspecified atom stereocenters. The molecule has 3 rings (SSSR count). The Balaban J connectivity index is 1.93. The molecule has 1 aromatic carbocycles. The van der Waals surface area contributed by atoms with Crippen molar-refractivity contribution in [3.05, 3.63) is 47.5 Å². The minimum atomic E-state index is -1.03. The summed E-state index contributed by atoms with van der Waals surface area (Å²) >= 11 is 0. The van der Waals surface area contributed by atoms with Gasteiger partial charge >= 0.3 is 11.9 Å². The maximum Gasteiger partial charge on any atom is 0.305 e. The zero-order chi connectivity index (χ0) is 19.2.